The van der Waals surface area contributed by atoms with Gasteiger partial charge in [0.15, 0.2) is 0 Å². The lowest BCUT2D eigenvalue weighted by Gasteiger charge is -2.09. The van der Waals surface area contributed by atoms with Crippen LogP contribution in [0, 0.1) is 0 Å². The van der Waals surface area contributed by atoms with Gasteiger partial charge < -0.3 is 15.2 Å². The fraction of sp³-hybridized carbons (Fsp3) is 0.136. The van der Waals surface area contributed by atoms with Crippen LogP contribution in [0.3, 0.4) is 0 Å². The van der Waals surface area contributed by atoms with Crippen LogP contribution in [-0.2, 0) is 11.3 Å². The third kappa shape index (κ3) is 4.12. The number of anilines is 1. The number of aromatic nitrogens is 1. The number of carbonyl (C=O) groups excluding carboxylic acids is 1. The quantitative estimate of drug-likeness (QED) is 0.589. The van der Waals surface area contributed by atoms with Crippen molar-refractivity contribution in [2.75, 3.05) is 12.4 Å². The number of fused-ring (bicyclic) bond motifs is 1. The summed E-state index contributed by atoms with van der Waals surface area (Å²) >= 11 is 6.94. The molecule has 31 heavy (non-hydrogen) atoms. The number of halogens is 1. The molecule has 0 unspecified atom stereocenters. The summed E-state index contributed by atoms with van der Waals surface area (Å²) in [5.74, 6) is -0.251. The number of nitrogens with one attached hydrogen (secondary N) is 1. The highest BCUT2D eigenvalue weighted by molar-refractivity contribution is 7.10. The number of methoxy groups -OCH3 is 1. The summed E-state index contributed by atoms with van der Waals surface area (Å²) in [4.78, 5) is 29.3. The summed E-state index contributed by atoms with van der Waals surface area (Å²) < 4.78 is 6.12. The van der Waals surface area contributed by atoms with Gasteiger partial charge in [-0.15, -0.1) is 0 Å². The Kier molecular flexibility index (Phi) is 5.67. The van der Waals surface area contributed by atoms with Gasteiger partial charge in [0.2, 0.25) is 11.8 Å². The van der Waals surface area contributed by atoms with E-state index < -0.39 is 10.8 Å². The van der Waals surface area contributed by atoms with E-state index in [0.717, 1.165) is 38.4 Å². The van der Waals surface area contributed by atoms with Gasteiger partial charge in [-0.25, -0.2) is 0 Å². The maximum Gasteiger partial charge on any atom is 0.311 e. The lowest BCUT2D eigenvalue weighted by molar-refractivity contribution is -0.116. The molecule has 7 nitrogen and oxygen atoms in total. The molecule has 0 aliphatic carbocycles. The van der Waals surface area contributed by atoms with Crippen LogP contribution in [0.15, 0.2) is 52.3 Å². The first-order chi connectivity index (χ1) is 14.9. The van der Waals surface area contributed by atoms with Crippen LogP contribution in [0.2, 0.25) is 5.02 Å². The first-order valence-corrected chi connectivity index (χ1v) is 10.5. The van der Waals surface area contributed by atoms with Crippen molar-refractivity contribution in [1.29, 1.82) is 0 Å². The molecular formula is C22H18ClN3O4S. The molecule has 1 amide bonds. The highest BCUT2D eigenvalue weighted by Gasteiger charge is 2.21. The van der Waals surface area contributed by atoms with Gasteiger partial charge in [-0.05, 0) is 37.3 Å². The monoisotopic (exact) mass is 455 g/mol. The standard InChI is InChI=1S/C22H18ClN3O4S/c1-12-15(14-5-3-4-6-17(14)24-12)10-19-21(28)26(22(29)31-19)11-20(27)25-13-7-8-18(30-2)16(23)9-13/h3-10,28H,11H2,1-2H3,(H,25,27)/b15-10+. The van der Waals surface area contributed by atoms with Crippen LogP contribution < -0.4 is 14.9 Å². The zero-order valence-corrected chi connectivity index (χ0v) is 18.3. The molecule has 3 aromatic rings. The number of amides is 1. The van der Waals surface area contributed by atoms with Crippen LogP contribution in [0.4, 0.5) is 11.4 Å². The number of ether oxygens (including phenoxy) is 1. The normalized spacial score (nSPS) is 13.8. The van der Waals surface area contributed by atoms with E-state index in [9.17, 15) is 14.7 Å². The first kappa shape index (κ1) is 20.9. The molecule has 1 aliphatic heterocycles. The van der Waals surface area contributed by atoms with Crippen LogP contribution in [0.1, 0.15) is 17.4 Å². The molecule has 1 aromatic heterocycles. The molecule has 9 heteroatoms. The lowest BCUT2D eigenvalue weighted by atomic mass is 10.0. The number of carbonyl (C=O) groups is 1. The third-order valence-electron chi connectivity index (χ3n) is 4.78. The summed E-state index contributed by atoms with van der Waals surface area (Å²) in [5.41, 5.74) is 3.85. The molecule has 0 spiro atoms. The number of hydrogen-bond donors (Lipinski definition) is 2. The van der Waals surface area contributed by atoms with E-state index in [1.54, 1.807) is 24.3 Å². The summed E-state index contributed by atoms with van der Waals surface area (Å²) in [5, 5.41) is 13.6. The molecule has 0 saturated carbocycles. The molecule has 158 valence electrons. The summed E-state index contributed by atoms with van der Waals surface area (Å²) in [6, 6.07) is 12.5. The van der Waals surface area contributed by atoms with Gasteiger partial charge in [-0.3, -0.25) is 19.1 Å². The minimum absolute atomic E-state index is 0.261. The zero-order valence-electron chi connectivity index (χ0n) is 16.7. The number of nitrogens with zero attached hydrogens (tertiary/aromatic N) is 2. The number of hydrogen-bond acceptors (Lipinski definition) is 6. The highest BCUT2D eigenvalue weighted by atomic mass is 35.5. The smallest absolute Gasteiger partial charge is 0.311 e. The van der Waals surface area contributed by atoms with Crippen LogP contribution in [0.5, 0.6) is 11.6 Å². The van der Waals surface area contributed by atoms with E-state index in [2.05, 4.69) is 10.3 Å². The summed E-state index contributed by atoms with van der Waals surface area (Å²) in [6.45, 7) is 1.54. The third-order valence-corrected chi connectivity index (χ3v) is 5.99. The van der Waals surface area contributed by atoms with Crippen LogP contribution in [0.25, 0.3) is 11.6 Å². The molecule has 2 N–H and O–H groups in total. The zero-order chi connectivity index (χ0) is 22.1. The second kappa shape index (κ2) is 8.41. The van der Waals surface area contributed by atoms with E-state index in [4.69, 9.17) is 16.3 Å². The Morgan fingerprint density at radius 1 is 1.32 bits per heavy atom. The molecule has 0 bridgehead atoms. The average molecular weight is 456 g/mol. The molecule has 0 fully saturated rings. The number of benzene rings is 2. The summed E-state index contributed by atoms with van der Waals surface area (Å²) in [7, 11) is 1.50. The van der Waals surface area contributed by atoms with E-state index in [-0.39, 0.29) is 12.4 Å². The molecule has 0 saturated heterocycles. The number of aliphatic imine (C=N–C) groups is 1. The van der Waals surface area contributed by atoms with Gasteiger partial charge >= 0.3 is 4.87 Å². The lowest BCUT2D eigenvalue weighted by Crippen LogP contribution is -2.24. The van der Waals surface area contributed by atoms with E-state index in [0.29, 0.717) is 21.3 Å². The van der Waals surface area contributed by atoms with Crippen molar-refractivity contribution in [2.24, 2.45) is 4.99 Å². The largest absolute Gasteiger partial charge is 0.495 e. The van der Waals surface area contributed by atoms with E-state index >= 15 is 0 Å². The number of para-hydroxylation sites is 1. The van der Waals surface area contributed by atoms with Crippen LogP contribution >= 0.6 is 22.9 Å². The Balaban J connectivity index is 1.57. The number of aromatic hydroxyl groups is 1. The van der Waals surface area contributed by atoms with Crippen molar-refractivity contribution in [3.63, 3.8) is 0 Å². The van der Waals surface area contributed by atoms with Crippen LogP contribution in [-0.4, -0.2) is 28.4 Å². The molecular weight excluding hydrogens is 438 g/mol. The fourth-order valence-corrected chi connectivity index (χ4v) is 4.37. The molecule has 0 atom stereocenters. The van der Waals surface area contributed by atoms with E-state index in [1.807, 2.05) is 31.2 Å². The molecule has 2 heterocycles. The number of rotatable bonds is 5. The Hall–Kier alpha value is -3.36. The molecule has 0 radical (unpaired) electrons. The van der Waals surface area contributed by atoms with Crippen molar-refractivity contribution in [2.45, 2.75) is 13.5 Å². The molecule has 4 rings (SSSR count). The predicted molar refractivity (Wildman–Crippen MR) is 124 cm³/mol. The van der Waals surface area contributed by atoms with Gasteiger partial charge in [0.25, 0.3) is 0 Å². The van der Waals surface area contributed by atoms with Crippen molar-refractivity contribution in [3.8, 4) is 11.6 Å². The SMILES string of the molecule is COc1ccc(NC(=O)Cn2c(O)c(/C=C3\C(C)=Nc4ccccc43)sc2=O)cc1Cl. The maximum absolute atomic E-state index is 12.4. The van der Waals surface area contributed by atoms with Crippen molar-refractivity contribution in [1.82, 2.24) is 4.57 Å². The van der Waals surface area contributed by atoms with Gasteiger partial charge in [0.1, 0.15) is 12.3 Å². The second-order valence-electron chi connectivity index (χ2n) is 6.81. The van der Waals surface area contributed by atoms with Gasteiger partial charge in [0, 0.05) is 22.5 Å². The first-order valence-electron chi connectivity index (χ1n) is 9.30. The Bertz CT molecular complexity index is 1310. The topological polar surface area (TPSA) is 92.9 Å². The minimum Gasteiger partial charge on any atom is -0.495 e. The fourth-order valence-electron chi connectivity index (χ4n) is 3.28. The van der Waals surface area contributed by atoms with Crippen molar-refractivity contribution in [3.05, 3.63) is 67.6 Å². The second-order valence-corrected chi connectivity index (χ2v) is 8.21. The minimum atomic E-state index is -0.473. The Morgan fingerprint density at radius 2 is 2.10 bits per heavy atom. The summed E-state index contributed by atoms with van der Waals surface area (Å²) in [6.07, 6.45) is 1.73. The van der Waals surface area contributed by atoms with Gasteiger partial charge in [0.05, 0.1) is 22.7 Å². The predicted octanol–water partition coefficient (Wildman–Crippen LogP) is 4.56. The van der Waals surface area contributed by atoms with Gasteiger partial charge in [-0.1, -0.05) is 41.1 Å². The Morgan fingerprint density at radius 3 is 2.84 bits per heavy atom. The number of thiazole rings is 1. The van der Waals surface area contributed by atoms with E-state index in [1.165, 1.54) is 7.11 Å². The highest BCUT2D eigenvalue weighted by Crippen LogP contribution is 2.37. The molecule has 1 aliphatic rings. The maximum atomic E-state index is 12.4. The molecule has 2 aromatic carbocycles. The van der Waals surface area contributed by atoms with Crippen molar-refractivity contribution < 1.29 is 14.6 Å². The average Bonchev–Trinajstić information content (AvgIpc) is 3.19. The number of allylic oxidation sites excluding steroid dienone is 1. The van der Waals surface area contributed by atoms with Gasteiger partial charge in [-0.2, -0.15) is 0 Å². The Labute approximate surface area is 186 Å². The van der Waals surface area contributed by atoms with Crippen molar-refractivity contribution >= 4 is 57.6 Å².